The second-order valence-corrected chi connectivity index (χ2v) is 4.59. The Bertz CT molecular complexity index is 612. The predicted molar refractivity (Wildman–Crippen MR) is 64.9 cm³/mol. The molecule has 0 saturated carbocycles. The van der Waals surface area contributed by atoms with Gasteiger partial charge < -0.3 is 5.11 Å². The Morgan fingerprint density at radius 3 is 2.83 bits per heavy atom. The number of aromatic carboxylic acids is 1. The summed E-state index contributed by atoms with van der Waals surface area (Å²) in [5, 5.41) is 16.2. The van der Waals surface area contributed by atoms with E-state index in [9.17, 15) is 9.18 Å². The summed E-state index contributed by atoms with van der Waals surface area (Å²) in [6.07, 6.45) is 0. The van der Waals surface area contributed by atoms with Crippen molar-refractivity contribution in [3.05, 3.63) is 45.4 Å². The zero-order valence-electron chi connectivity index (χ0n) is 9.39. The first-order valence-corrected chi connectivity index (χ1v) is 5.85. The van der Waals surface area contributed by atoms with Crippen LogP contribution in [0.3, 0.4) is 0 Å². The highest BCUT2D eigenvalue weighted by Gasteiger charge is 2.15. The summed E-state index contributed by atoms with van der Waals surface area (Å²) in [6, 6.07) is 4.57. The molecule has 0 radical (unpaired) electrons. The highest BCUT2D eigenvalue weighted by atomic mass is 79.9. The Morgan fingerprint density at radius 2 is 2.28 bits per heavy atom. The van der Waals surface area contributed by atoms with Gasteiger partial charge in [0.25, 0.3) is 0 Å². The maximum absolute atomic E-state index is 13.1. The summed E-state index contributed by atoms with van der Waals surface area (Å²) in [6.45, 7) is 1.97. The normalized spacial score (nSPS) is 10.6. The number of rotatable bonds is 3. The Kier molecular flexibility index (Phi) is 3.42. The van der Waals surface area contributed by atoms with Crippen LogP contribution < -0.4 is 0 Å². The summed E-state index contributed by atoms with van der Waals surface area (Å²) in [7, 11) is 0. The molecule has 0 aliphatic heterocycles. The molecule has 2 aromatic rings. The van der Waals surface area contributed by atoms with Gasteiger partial charge in [-0.2, -0.15) is 0 Å². The van der Waals surface area contributed by atoms with Crippen LogP contribution in [0, 0.1) is 12.7 Å². The van der Waals surface area contributed by atoms with Crippen LogP contribution in [0.5, 0.6) is 0 Å². The molecule has 94 valence electrons. The van der Waals surface area contributed by atoms with E-state index in [-0.39, 0.29) is 11.5 Å². The van der Waals surface area contributed by atoms with Gasteiger partial charge in [-0.15, -0.1) is 5.10 Å². The van der Waals surface area contributed by atoms with Crippen molar-refractivity contribution in [1.29, 1.82) is 0 Å². The summed E-state index contributed by atoms with van der Waals surface area (Å²) in [5.41, 5.74) is 1.19. The fourth-order valence-corrected chi connectivity index (χ4v) is 1.95. The Balaban J connectivity index is 2.29. The summed E-state index contributed by atoms with van der Waals surface area (Å²) >= 11 is 3.09. The average Bonchev–Trinajstić information content (AvgIpc) is 2.66. The molecule has 0 atom stereocenters. The molecular formula is C11H9BrFN3O2. The summed E-state index contributed by atoms with van der Waals surface area (Å²) in [5.74, 6) is -1.46. The number of carboxylic acids is 1. The minimum atomic E-state index is -1.11. The minimum absolute atomic E-state index is 0.0730. The summed E-state index contributed by atoms with van der Waals surface area (Å²) < 4.78 is 14.9. The smallest absolute Gasteiger partial charge is 0.358 e. The lowest BCUT2D eigenvalue weighted by molar-refractivity contribution is 0.0689. The van der Waals surface area contributed by atoms with Crippen molar-refractivity contribution in [3.8, 4) is 0 Å². The third-order valence-corrected chi connectivity index (χ3v) is 3.11. The molecule has 2 rings (SSSR count). The Morgan fingerprint density at radius 1 is 1.56 bits per heavy atom. The molecule has 0 amide bonds. The Hall–Kier alpha value is -1.76. The standard InChI is InChI=1S/C11H9BrFN3O2/c1-6-10(11(17)18)14-15-16(6)5-7-2-3-9(13)8(12)4-7/h2-4H,5H2,1H3,(H,17,18). The molecule has 7 heteroatoms. The van der Waals surface area contributed by atoms with E-state index < -0.39 is 5.97 Å². The second kappa shape index (κ2) is 4.85. The zero-order valence-corrected chi connectivity index (χ0v) is 11.0. The molecule has 5 nitrogen and oxygen atoms in total. The first-order valence-electron chi connectivity index (χ1n) is 5.06. The maximum atomic E-state index is 13.1. The number of carboxylic acid groups (broad SMARTS) is 1. The van der Waals surface area contributed by atoms with Crippen LogP contribution in [-0.4, -0.2) is 26.1 Å². The fraction of sp³-hybridized carbons (Fsp3) is 0.182. The van der Waals surface area contributed by atoms with Gasteiger partial charge in [0.15, 0.2) is 5.69 Å². The van der Waals surface area contributed by atoms with Gasteiger partial charge in [0, 0.05) is 0 Å². The van der Waals surface area contributed by atoms with Crippen LogP contribution in [0.2, 0.25) is 0 Å². The molecule has 0 aliphatic carbocycles. The van der Waals surface area contributed by atoms with Crippen molar-refractivity contribution >= 4 is 21.9 Å². The van der Waals surface area contributed by atoms with Gasteiger partial charge in [-0.1, -0.05) is 11.3 Å². The van der Waals surface area contributed by atoms with Gasteiger partial charge in [-0.3, -0.25) is 0 Å². The highest BCUT2D eigenvalue weighted by Crippen LogP contribution is 2.18. The van der Waals surface area contributed by atoms with Crippen LogP contribution in [0.25, 0.3) is 0 Å². The molecule has 0 unspecified atom stereocenters. The molecule has 1 N–H and O–H groups in total. The molecular weight excluding hydrogens is 305 g/mol. The largest absolute Gasteiger partial charge is 0.476 e. The van der Waals surface area contributed by atoms with Crippen molar-refractivity contribution in [3.63, 3.8) is 0 Å². The van der Waals surface area contributed by atoms with E-state index in [1.54, 1.807) is 19.1 Å². The number of nitrogens with zero attached hydrogens (tertiary/aromatic N) is 3. The molecule has 0 saturated heterocycles. The molecule has 0 bridgehead atoms. The molecule has 18 heavy (non-hydrogen) atoms. The van der Waals surface area contributed by atoms with Crippen molar-refractivity contribution < 1.29 is 14.3 Å². The van der Waals surface area contributed by atoms with E-state index in [2.05, 4.69) is 26.2 Å². The molecule has 0 fully saturated rings. The molecule has 1 heterocycles. The van der Waals surface area contributed by atoms with Crippen LogP contribution in [0.15, 0.2) is 22.7 Å². The first kappa shape index (κ1) is 12.7. The van der Waals surface area contributed by atoms with Gasteiger partial charge in [0.2, 0.25) is 0 Å². The zero-order chi connectivity index (χ0) is 13.3. The van der Waals surface area contributed by atoms with E-state index in [1.165, 1.54) is 10.7 Å². The van der Waals surface area contributed by atoms with E-state index in [1.807, 2.05) is 0 Å². The third-order valence-electron chi connectivity index (χ3n) is 2.50. The topological polar surface area (TPSA) is 68.0 Å². The van der Waals surface area contributed by atoms with Crippen LogP contribution in [0.1, 0.15) is 21.7 Å². The summed E-state index contributed by atoms with van der Waals surface area (Å²) in [4.78, 5) is 10.8. The highest BCUT2D eigenvalue weighted by molar-refractivity contribution is 9.10. The third kappa shape index (κ3) is 2.40. The number of hydrogen-bond acceptors (Lipinski definition) is 3. The number of hydrogen-bond donors (Lipinski definition) is 1. The lowest BCUT2D eigenvalue weighted by atomic mass is 10.2. The predicted octanol–water partition coefficient (Wildman–Crippen LogP) is 2.23. The van der Waals surface area contributed by atoms with E-state index in [0.717, 1.165) is 5.56 Å². The van der Waals surface area contributed by atoms with Crippen molar-refractivity contribution in [2.45, 2.75) is 13.5 Å². The van der Waals surface area contributed by atoms with Crippen molar-refractivity contribution in [1.82, 2.24) is 15.0 Å². The van der Waals surface area contributed by atoms with Gasteiger partial charge in [0.05, 0.1) is 16.7 Å². The molecule has 1 aromatic heterocycles. The Labute approximate surface area is 110 Å². The van der Waals surface area contributed by atoms with Crippen molar-refractivity contribution in [2.75, 3.05) is 0 Å². The van der Waals surface area contributed by atoms with Crippen LogP contribution in [0.4, 0.5) is 4.39 Å². The number of halogens is 2. The van der Waals surface area contributed by atoms with Gasteiger partial charge in [0.1, 0.15) is 5.82 Å². The van der Waals surface area contributed by atoms with Crippen LogP contribution >= 0.6 is 15.9 Å². The second-order valence-electron chi connectivity index (χ2n) is 3.73. The number of benzene rings is 1. The maximum Gasteiger partial charge on any atom is 0.358 e. The number of aromatic nitrogens is 3. The molecule has 1 aromatic carbocycles. The van der Waals surface area contributed by atoms with E-state index in [0.29, 0.717) is 16.7 Å². The minimum Gasteiger partial charge on any atom is -0.476 e. The fourth-order valence-electron chi connectivity index (χ4n) is 1.52. The van der Waals surface area contributed by atoms with Gasteiger partial charge in [-0.05, 0) is 40.5 Å². The lowest BCUT2D eigenvalue weighted by Gasteiger charge is -2.04. The number of carbonyl (C=O) groups is 1. The molecule has 0 spiro atoms. The van der Waals surface area contributed by atoms with Crippen molar-refractivity contribution in [2.24, 2.45) is 0 Å². The van der Waals surface area contributed by atoms with Gasteiger partial charge >= 0.3 is 5.97 Å². The first-order chi connectivity index (χ1) is 8.49. The SMILES string of the molecule is Cc1c(C(=O)O)nnn1Cc1ccc(F)c(Br)c1. The van der Waals surface area contributed by atoms with E-state index in [4.69, 9.17) is 5.11 Å². The monoisotopic (exact) mass is 313 g/mol. The van der Waals surface area contributed by atoms with E-state index >= 15 is 0 Å². The lowest BCUT2D eigenvalue weighted by Crippen LogP contribution is -2.06. The van der Waals surface area contributed by atoms with Gasteiger partial charge in [-0.25, -0.2) is 13.9 Å². The molecule has 0 aliphatic rings. The van der Waals surface area contributed by atoms with Crippen LogP contribution in [-0.2, 0) is 6.54 Å². The average molecular weight is 314 g/mol. The quantitative estimate of drug-likeness (QED) is 0.943.